The van der Waals surface area contributed by atoms with Gasteiger partial charge < -0.3 is 4.74 Å². The zero-order valence-electron chi connectivity index (χ0n) is 14.2. The molecule has 1 N–H and O–H groups in total. The zero-order valence-corrected chi connectivity index (χ0v) is 15.8. The quantitative estimate of drug-likeness (QED) is 0.696. The lowest BCUT2D eigenvalue weighted by molar-refractivity contribution is 0.414. The van der Waals surface area contributed by atoms with Gasteiger partial charge in [-0.3, -0.25) is 9.67 Å². The molecular weight excluding hydrogens is 376 g/mol. The van der Waals surface area contributed by atoms with Crippen molar-refractivity contribution in [2.75, 3.05) is 7.11 Å². The molecule has 7 nitrogen and oxygen atoms in total. The van der Waals surface area contributed by atoms with Crippen molar-refractivity contribution in [2.45, 2.75) is 11.4 Å². The van der Waals surface area contributed by atoms with Crippen LogP contribution in [0.1, 0.15) is 5.69 Å². The molecule has 0 spiro atoms. The molecule has 9 heteroatoms. The summed E-state index contributed by atoms with van der Waals surface area (Å²) in [5, 5.41) is 4.56. The Labute approximate surface area is 156 Å². The molecule has 3 aromatic rings. The van der Waals surface area contributed by atoms with Crippen LogP contribution in [-0.4, -0.2) is 30.3 Å². The van der Waals surface area contributed by atoms with E-state index < -0.39 is 10.0 Å². The summed E-state index contributed by atoms with van der Waals surface area (Å²) in [5.41, 5.74) is 2.14. The number of benzene rings is 1. The van der Waals surface area contributed by atoms with Gasteiger partial charge in [-0.2, -0.15) is 5.10 Å². The number of aromatic nitrogens is 3. The number of ether oxygens (including phenoxy) is 1. The SMILES string of the molecule is COc1ccc(S(=O)(=O)NCc2cc(-c3ccccn3)n(C)n2)cc1Cl. The molecule has 0 aliphatic heterocycles. The molecule has 3 rings (SSSR count). The number of hydrogen-bond acceptors (Lipinski definition) is 5. The highest BCUT2D eigenvalue weighted by Gasteiger charge is 2.17. The fraction of sp³-hybridized carbons (Fsp3) is 0.176. The van der Waals surface area contributed by atoms with E-state index in [1.165, 1.54) is 25.3 Å². The summed E-state index contributed by atoms with van der Waals surface area (Å²) in [6.45, 7) is 0.0483. The van der Waals surface area contributed by atoms with E-state index in [1.807, 2.05) is 18.2 Å². The number of rotatable bonds is 6. The Kier molecular flexibility index (Phi) is 5.26. The summed E-state index contributed by atoms with van der Waals surface area (Å²) >= 11 is 6.00. The molecule has 0 saturated carbocycles. The molecule has 0 bridgehead atoms. The van der Waals surface area contributed by atoms with Gasteiger partial charge in [-0.05, 0) is 36.4 Å². The van der Waals surface area contributed by atoms with Crippen LogP contribution < -0.4 is 9.46 Å². The van der Waals surface area contributed by atoms with E-state index in [2.05, 4.69) is 14.8 Å². The second-order valence-corrected chi connectivity index (χ2v) is 7.65. The number of aryl methyl sites for hydroxylation is 1. The van der Waals surface area contributed by atoms with Crippen molar-refractivity contribution in [3.05, 3.63) is 59.4 Å². The van der Waals surface area contributed by atoms with Crippen molar-refractivity contribution in [3.63, 3.8) is 0 Å². The summed E-state index contributed by atoms with van der Waals surface area (Å²) < 4.78 is 34.1. The number of nitrogens with zero attached hydrogens (tertiary/aromatic N) is 3. The van der Waals surface area contributed by atoms with Crippen molar-refractivity contribution in [1.82, 2.24) is 19.5 Å². The monoisotopic (exact) mass is 392 g/mol. The Hall–Kier alpha value is -2.42. The first kappa shape index (κ1) is 18.4. The molecule has 136 valence electrons. The van der Waals surface area contributed by atoms with Crippen LogP contribution in [0.2, 0.25) is 5.02 Å². The average Bonchev–Trinajstić information content (AvgIpc) is 3.01. The van der Waals surface area contributed by atoms with E-state index in [9.17, 15) is 8.42 Å². The highest BCUT2D eigenvalue weighted by Crippen LogP contribution is 2.27. The maximum atomic E-state index is 12.5. The van der Waals surface area contributed by atoms with Crippen molar-refractivity contribution < 1.29 is 13.2 Å². The highest BCUT2D eigenvalue weighted by molar-refractivity contribution is 7.89. The lowest BCUT2D eigenvalue weighted by Gasteiger charge is -2.08. The van der Waals surface area contributed by atoms with Gasteiger partial charge in [0.25, 0.3) is 0 Å². The smallest absolute Gasteiger partial charge is 0.240 e. The first-order chi connectivity index (χ1) is 12.4. The second-order valence-electron chi connectivity index (χ2n) is 5.48. The number of nitrogens with one attached hydrogen (secondary N) is 1. The number of hydrogen-bond donors (Lipinski definition) is 1. The van der Waals surface area contributed by atoms with Crippen LogP contribution in [0.25, 0.3) is 11.4 Å². The van der Waals surface area contributed by atoms with Crippen LogP contribution in [0.4, 0.5) is 0 Å². The number of halogens is 1. The van der Waals surface area contributed by atoms with E-state index in [1.54, 1.807) is 24.0 Å². The first-order valence-corrected chi connectivity index (χ1v) is 9.54. The molecule has 0 fully saturated rings. The van der Waals surface area contributed by atoms with Gasteiger partial charge in [-0.25, -0.2) is 13.1 Å². The lowest BCUT2D eigenvalue weighted by Crippen LogP contribution is -2.23. The van der Waals surface area contributed by atoms with Gasteiger partial charge in [0.2, 0.25) is 10.0 Å². The molecule has 0 amide bonds. The summed E-state index contributed by atoms with van der Waals surface area (Å²) in [4.78, 5) is 4.34. The standard InChI is InChI=1S/C17H17ClN4O3S/c1-22-16(15-5-3-4-8-19-15)9-12(21-22)11-20-26(23,24)13-6-7-17(25-2)14(18)10-13/h3-10,20H,11H2,1-2H3. The van der Waals surface area contributed by atoms with Gasteiger partial charge in [0.05, 0.1) is 40.7 Å². The third-order valence-corrected chi connectivity index (χ3v) is 5.43. The van der Waals surface area contributed by atoms with E-state index in [0.29, 0.717) is 11.4 Å². The normalized spacial score (nSPS) is 11.5. The van der Waals surface area contributed by atoms with Gasteiger partial charge in [0.1, 0.15) is 5.75 Å². The van der Waals surface area contributed by atoms with Gasteiger partial charge in [0, 0.05) is 13.2 Å². The van der Waals surface area contributed by atoms with Gasteiger partial charge in [-0.15, -0.1) is 0 Å². The van der Waals surface area contributed by atoms with E-state index in [4.69, 9.17) is 16.3 Å². The van der Waals surface area contributed by atoms with Crippen LogP contribution >= 0.6 is 11.6 Å². The zero-order chi connectivity index (χ0) is 18.7. The Morgan fingerprint density at radius 2 is 2.04 bits per heavy atom. The third kappa shape index (κ3) is 3.87. The minimum absolute atomic E-state index is 0.0483. The molecule has 0 saturated heterocycles. The molecule has 2 heterocycles. The van der Waals surface area contributed by atoms with Crippen LogP contribution in [0, 0.1) is 0 Å². The van der Waals surface area contributed by atoms with E-state index in [0.717, 1.165) is 11.4 Å². The molecule has 0 radical (unpaired) electrons. The van der Waals surface area contributed by atoms with Crippen LogP contribution in [0.5, 0.6) is 5.75 Å². The minimum atomic E-state index is -3.73. The predicted octanol–water partition coefficient (Wildman–Crippen LogP) is 2.62. The molecule has 0 unspecified atom stereocenters. The second kappa shape index (κ2) is 7.45. The third-order valence-electron chi connectivity index (χ3n) is 3.73. The average molecular weight is 393 g/mol. The van der Waals surface area contributed by atoms with E-state index >= 15 is 0 Å². The van der Waals surface area contributed by atoms with Gasteiger partial charge >= 0.3 is 0 Å². The fourth-order valence-electron chi connectivity index (χ4n) is 2.43. The van der Waals surface area contributed by atoms with Crippen LogP contribution in [-0.2, 0) is 23.6 Å². The molecule has 1 aromatic carbocycles. The van der Waals surface area contributed by atoms with E-state index in [-0.39, 0.29) is 16.5 Å². The Morgan fingerprint density at radius 1 is 1.23 bits per heavy atom. The molecular formula is C17H17ClN4O3S. The first-order valence-electron chi connectivity index (χ1n) is 7.68. The highest BCUT2D eigenvalue weighted by atomic mass is 35.5. The van der Waals surface area contributed by atoms with Crippen LogP contribution in [0.15, 0.2) is 53.6 Å². The number of pyridine rings is 1. The number of methoxy groups -OCH3 is 1. The van der Waals surface area contributed by atoms with Crippen LogP contribution in [0.3, 0.4) is 0 Å². The van der Waals surface area contributed by atoms with Crippen molar-refractivity contribution in [1.29, 1.82) is 0 Å². The predicted molar refractivity (Wildman–Crippen MR) is 98.5 cm³/mol. The van der Waals surface area contributed by atoms with Gasteiger partial charge in [0.15, 0.2) is 0 Å². The summed E-state index contributed by atoms with van der Waals surface area (Å²) in [6.07, 6.45) is 1.69. The van der Waals surface area contributed by atoms with Gasteiger partial charge in [-0.1, -0.05) is 17.7 Å². The van der Waals surface area contributed by atoms with Crippen molar-refractivity contribution in [2.24, 2.45) is 7.05 Å². The molecule has 26 heavy (non-hydrogen) atoms. The molecule has 0 aliphatic carbocycles. The Morgan fingerprint density at radius 3 is 2.69 bits per heavy atom. The molecule has 0 aliphatic rings. The molecule has 2 aromatic heterocycles. The maximum Gasteiger partial charge on any atom is 0.240 e. The number of sulfonamides is 1. The van der Waals surface area contributed by atoms with Crippen molar-refractivity contribution >= 4 is 21.6 Å². The Balaban J connectivity index is 1.77. The van der Waals surface area contributed by atoms with Crippen molar-refractivity contribution in [3.8, 4) is 17.1 Å². The lowest BCUT2D eigenvalue weighted by atomic mass is 10.2. The largest absolute Gasteiger partial charge is 0.495 e. The topological polar surface area (TPSA) is 86.1 Å². The minimum Gasteiger partial charge on any atom is -0.495 e. The summed E-state index contributed by atoms with van der Waals surface area (Å²) in [6, 6.07) is 11.7. The molecule has 0 atom stereocenters. The Bertz CT molecular complexity index is 1020. The summed E-state index contributed by atoms with van der Waals surface area (Å²) in [7, 11) is -0.480. The summed E-state index contributed by atoms with van der Waals surface area (Å²) in [5.74, 6) is 0.412. The maximum absolute atomic E-state index is 12.5. The fourth-order valence-corrected chi connectivity index (χ4v) is 3.78.